The number of amides is 1. The number of anilines is 1. The van der Waals surface area contributed by atoms with E-state index < -0.39 is 0 Å². The van der Waals surface area contributed by atoms with Crippen LogP contribution in [0, 0.1) is 5.92 Å². The molecule has 4 fully saturated rings. The number of hydrogen-bond acceptors (Lipinski definition) is 5. The first-order valence-corrected chi connectivity index (χ1v) is 12.4. The third-order valence-electron chi connectivity index (χ3n) is 7.09. The fraction of sp³-hybridized carbons (Fsp3) is 0.857. The molecule has 2 saturated carbocycles. The molecule has 5 rings (SSSR count). The van der Waals surface area contributed by atoms with Crippen LogP contribution >= 0.6 is 11.8 Å². The van der Waals surface area contributed by atoms with Gasteiger partial charge in [0.1, 0.15) is 0 Å². The van der Waals surface area contributed by atoms with Gasteiger partial charge in [-0.15, -0.1) is 10.2 Å². The topological polar surface area (TPSA) is 54.3 Å². The Balaban J connectivity index is 1.26. The van der Waals surface area contributed by atoms with Crippen molar-refractivity contribution in [3.8, 4) is 0 Å². The Morgan fingerprint density at radius 2 is 1.68 bits per heavy atom. The van der Waals surface area contributed by atoms with Gasteiger partial charge in [0.15, 0.2) is 5.16 Å². The zero-order valence-electron chi connectivity index (χ0n) is 16.9. The van der Waals surface area contributed by atoms with Gasteiger partial charge in [-0.25, -0.2) is 0 Å². The molecule has 1 amide bonds. The van der Waals surface area contributed by atoms with Gasteiger partial charge in [0.2, 0.25) is 11.9 Å². The zero-order valence-corrected chi connectivity index (χ0v) is 17.7. The standard InChI is InChI=1S/C21H33N5OS/c27-19(25-14-6-8-16-7-2-3-9-18(16)25)15-28-21-23-22-20(26(21)17-10-11-17)24-12-4-1-5-13-24/h16-18H,1-15H2/t16-,18-/m1/s1. The smallest absolute Gasteiger partial charge is 0.233 e. The van der Waals surface area contributed by atoms with Gasteiger partial charge in [-0.2, -0.15) is 0 Å². The molecule has 0 spiro atoms. The highest BCUT2D eigenvalue weighted by Crippen LogP contribution is 2.41. The molecule has 7 heteroatoms. The third-order valence-corrected chi connectivity index (χ3v) is 8.01. The number of likely N-dealkylation sites (tertiary alicyclic amines) is 1. The van der Waals surface area contributed by atoms with E-state index >= 15 is 0 Å². The van der Waals surface area contributed by atoms with Crippen molar-refractivity contribution in [3.05, 3.63) is 0 Å². The van der Waals surface area contributed by atoms with Crippen LogP contribution in [0.4, 0.5) is 5.95 Å². The van der Waals surface area contributed by atoms with Gasteiger partial charge in [-0.05, 0) is 63.7 Å². The molecule has 6 nitrogen and oxygen atoms in total. The molecule has 1 aromatic rings. The van der Waals surface area contributed by atoms with E-state index in [9.17, 15) is 4.79 Å². The first-order valence-electron chi connectivity index (χ1n) is 11.4. The molecule has 0 aromatic carbocycles. The molecule has 4 aliphatic rings. The second-order valence-electron chi connectivity index (χ2n) is 9.06. The van der Waals surface area contributed by atoms with Crippen LogP contribution in [-0.4, -0.2) is 57.0 Å². The van der Waals surface area contributed by atoms with E-state index in [0.29, 0.717) is 23.7 Å². The van der Waals surface area contributed by atoms with Crippen molar-refractivity contribution >= 4 is 23.6 Å². The fourth-order valence-electron chi connectivity index (χ4n) is 5.47. The van der Waals surface area contributed by atoms with Crippen LogP contribution in [0.5, 0.6) is 0 Å². The van der Waals surface area contributed by atoms with Crippen LogP contribution in [0.2, 0.25) is 0 Å². The van der Waals surface area contributed by atoms with E-state index in [-0.39, 0.29) is 0 Å². The lowest BCUT2D eigenvalue weighted by molar-refractivity contribution is -0.134. The van der Waals surface area contributed by atoms with Crippen molar-refractivity contribution < 1.29 is 4.79 Å². The maximum Gasteiger partial charge on any atom is 0.233 e. The third kappa shape index (κ3) is 3.79. The average molecular weight is 404 g/mol. The highest BCUT2D eigenvalue weighted by molar-refractivity contribution is 7.99. The molecule has 3 heterocycles. The largest absolute Gasteiger partial charge is 0.341 e. The summed E-state index contributed by atoms with van der Waals surface area (Å²) < 4.78 is 2.34. The molecule has 2 atom stereocenters. The molecule has 1 aromatic heterocycles. The Hall–Kier alpha value is -1.24. The summed E-state index contributed by atoms with van der Waals surface area (Å²) in [6, 6.07) is 1.04. The first-order chi connectivity index (χ1) is 13.8. The van der Waals surface area contributed by atoms with E-state index in [1.165, 1.54) is 70.6 Å². The quantitative estimate of drug-likeness (QED) is 0.699. The summed E-state index contributed by atoms with van der Waals surface area (Å²) in [6.07, 6.45) is 13.9. The van der Waals surface area contributed by atoms with Gasteiger partial charge < -0.3 is 9.80 Å². The first kappa shape index (κ1) is 18.8. The minimum Gasteiger partial charge on any atom is -0.341 e. The van der Waals surface area contributed by atoms with Crippen LogP contribution in [0.15, 0.2) is 5.16 Å². The second kappa shape index (κ2) is 8.25. The second-order valence-corrected chi connectivity index (χ2v) is 10.0. The normalized spacial score (nSPS) is 28.3. The zero-order chi connectivity index (χ0) is 18.9. The Labute approximate surface area is 172 Å². The van der Waals surface area contributed by atoms with Crippen LogP contribution in [0.1, 0.15) is 76.7 Å². The van der Waals surface area contributed by atoms with Gasteiger partial charge in [-0.3, -0.25) is 9.36 Å². The van der Waals surface area contributed by atoms with E-state index in [1.807, 2.05) is 0 Å². The van der Waals surface area contributed by atoms with Gasteiger partial charge in [0.05, 0.1) is 5.75 Å². The van der Waals surface area contributed by atoms with Crippen LogP contribution in [0.25, 0.3) is 0 Å². The van der Waals surface area contributed by atoms with Gasteiger partial charge in [0, 0.05) is 31.7 Å². The number of aromatic nitrogens is 3. The molecular formula is C21H33N5OS. The molecule has 0 radical (unpaired) electrons. The van der Waals surface area contributed by atoms with Crippen LogP contribution < -0.4 is 4.90 Å². The molecule has 154 valence electrons. The molecule has 2 aliphatic carbocycles. The number of fused-ring (bicyclic) bond motifs is 1. The summed E-state index contributed by atoms with van der Waals surface area (Å²) in [6.45, 7) is 3.13. The minimum absolute atomic E-state index is 0.312. The van der Waals surface area contributed by atoms with Gasteiger partial charge >= 0.3 is 0 Å². The molecule has 0 N–H and O–H groups in total. The highest BCUT2D eigenvalue weighted by Gasteiger charge is 2.36. The predicted octanol–water partition coefficient (Wildman–Crippen LogP) is 3.88. The summed E-state index contributed by atoms with van der Waals surface area (Å²) in [5, 5.41) is 10.0. The van der Waals surface area contributed by atoms with Gasteiger partial charge in [0.25, 0.3) is 0 Å². The number of carbonyl (C=O) groups excluding carboxylic acids is 1. The summed E-state index contributed by atoms with van der Waals surface area (Å²) in [5.41, 5.74) is 0. The number of carbonyl (C=O) groups is 1. The Morgan fingerprint density at radius 1 is 0.893 bits per heavy atom. The SMILES string of the molecule is O=C(CSc1nnc(N2CCCCC2)n1C1CC1)N1CCC[C@H]2CCCC[C@H]21. The molecule has 2 aliphatic heterocycles. The number of thioether (sulfide) groups is 1. The lowest BCUT2D eigenvalue weighted by Gasteiger charge is -2.44. The monoisotopic (exact) mass is 403 g/mol. The van der Waals surface area contributed by atoms with E-state index in [4.69, 9.17) is 0 Å². The Morgan fingerprint density at radius 3 is 2.50 bits per heavy atom. The fourth-order valence-corrected chi connectivity index (χ4v) is 6.36. The van der Waals surface area contributed by atoms with Crippen molar-refractivity contribution in [1.29, 1.82) is 0 Å². The molecule has 0 unspecified atom stereocenters. The van der Waals surface area contributed by atoms with Crippen LogP contribution in [0.3, 0.4) is 0 Å². The summed E-state index contributed by atoms with van der Waals surface area (Å²) >= 11 is 1.61. The molecule has 28 heavy (non-hydrogen) atoms. The van der Waals surface area contributed by atoms with Crippen molar-refractivity contribution in [3.63, 3.8) is 0 Å². The molecule has 2 saturated heterocycles. The maximum atomic E-state index is 13.1. The van der Waals surface area contributed by atoms with Crippen molar-refractivity contribution in [1.82, 2.24) is 19.7 Å². The molecular weight excluding hydrogens is 370 g/mol. The van der Waals surface area contributed by atoms with Crippen molar-refractivity contribution in [2.24, 2.45) is 5.92 Å². The lowest BCUT2D eigenvalue weighted by Crippen LogP contribution is -2.50. The van der Waals surface area contributed by atoms with E-state index in [1.54, 1.807) is 11.8 Å². The Kier molecular flexibility index (Phi) is 5.53. The van der Waals surface area contributed by atoms with Gasteiger partial charge in [-0.1, -0.05) is 24.6 Å². The average Bonchev–Trinajstić information content (AvgIpc) is 3.51. The van der Waals surface area contributed by atoms with E-state index in [0.717, 1.165) is 36.7 Å². The minimum atomic E-state index is 0.312. The maximum absolute atomic E-state index is 13.1. The molecule has 0 bridgehead atoms. The van der Waals surface area contributed by atoms with Crippen LogP contribution in [-0.2, 0) is 4.79 Å². The number of piperidine rings is 2. The summed E-state index contributed by atoms with van der Waals surface area (Å²) in [5.74, 6) is 2.61. The highest BCUT2D eigenvalue weighted by atomic mass is 32.2. The lowest BCUT2D eigenvalue weighted by atomic mass is 9.78. The summed E-state index contributed by atoms with van der Waals surface area (Å²) in [4.78, 5) is 17.7. The number of hydrogen-bond donors (Lipinski definition) is 0. The number of nitrogens with zero attached hydrogens (tertiary/aromatic N) is 5. The number of rotatable bonds is 5. The van der Waals surface area contributed by atoms with Crippen molar-refractivity contribution in [2.45, 2.75) is 87.9 Å². The summed E-state index contributed by atoms with van der Waals surface area (Å²) in [7, 11) is 0. The van der Waals surface area contributed by atoms with E-state index in [2.05, 4.69) is 24.6 Å². The van der Waals surface area contributed by atoms with Crippen molar-refractivity contribution in [2.75, 3.05) is 30.3 Å². The predicted molar refractivity (Wildman–Crippen MR) is 112 cm³/mol. The Bertz CT molecular complexity index is 695.